The Labute approximate surface area is 117 Å². The summed E-state index contributed by atoms with van der Waals surface area (Å²) < 4.78 is 2.27. The van der Waals surface area contributed by atoms with Gasteiger partial charge in [0.2, 0.25) is 0 Å². The van der Waals surface area contributed by atoms with Crippen LogP contribution in [0.2, 0.25) is 0 Å². The van der Waals surface area contributed by atoms with Crippen LogP contribution in [0.5, 0.6) is 0 Å². The van der Waals surface area contributed by atoms with E-state index in [-0.39, 0.29) is 11.1 Å². The third-order valence-corrected chi connectivity index (χ3v) is 4.63. The molecule has 19 heavy (non-hydrogen) atoms. The highest BCUT2D eigenvalue weighted by molar-refractivity contribution is 7.13. The van der Waals surface area contributed by atoms with Gasteiger partial charge < -0.3 is 4.57 Å². The largest absolute Gasteiger partial charge is 0.300 e. The molecule has 2 aromatic heterocycles. The van der Waals surface area contributed by atoms with Crippen molar-refractivity contribution in [2.45, 2.75) is 6.92 Å². The second kappa shape index (κ2) is 5.23. The van der Waals surface area contributed by atoms with Crippen molar-refractivity contribution < 1.29 is 0 Å². The second-order valence-electron chi connectivity index (χ2n) is 3.83. The average Bonchev–Trinajstić information content (AvgIpc) is 2.91. The van der Waals surface area contributed by atoms with E-state index in [0.29, 0.717) is 9.20 Å². The lowest BCUT2D eigenvalue weighted by molar-refractivity contribution is 0.855. The van der Waals surface area contributed by atoms with Crippen molar-refractivity contribution in [3.63, 3.8) is 0 Å². The van der Waals surface area contributed by atoms with Crippen LogP contribution < -0.4 is 14.8 Å². The fourth-order valence-corrected chi connectivity index (χ4v) is 3.49. The van der Waals surface area contributed by atoms with Gasteiger partial charge in [0.05, 0.1) is 4.53 Å². The molecule has 0 unspecified atom stereocenters. The van der Waals surface area contributed by atoms with Gasteiger partial charge in [0.15, 0.2) is 5.57 Å². The summed E-state index contributed by atoms with van der Waals surface area (Å²) in [5.41, 5.74) is -0.222. The predicted molar refractivity (Wildman–Crippen MR) is 76.1 cm³/mol. The first kappa shape index (κ1) is 13.3. The maximum atomic E-state index is 12.1. The van der Waals surface area contributed by atoms with E-state index in [0.717, 1.165) is 4.88 Å². The Morgan fingerprint density at radius 3 is 2.53 bits per heavy atom. The number of aromatic nitrogens is 1. The number of rotatable bonds is 1. The van der Waals surface area contributed by atoms with Crippen molar-refractivity contribution in [1.82, 2.24) is 4.57 Å². The molecular formula is C13H9N3OS2. The molecule has 0 saturated heterocycles. The zero-order valence-electron chi connectivity index (χ0n) is 10.3. The Balaban J connectivity index is 2.78. The molecule has 0 aliphatic heterocycles. The first-order valence-electron chi connectivity index (χ1n) is 5.35. The first-order chi connectivity index (χ1) is 9.06. The van der Waals surface area contributed by atoms with Crippen LogP contribution in [0.15, 0.2) is 16.9 Å². The summed E-state index contributed by atoms with van der Waals surface area (Å²) in [5, 5.41) is 17.7. The Kier molecular flexibility index (Phi) is 3.66. The molecule has 2 aromatic rings. The van der Waals surface area contributed by atoms with Crippen LogP contribution in [-0.4, -0.2) is 4.57 Å². The number of thiophene rings is 1. The molecule has 0 atom stereocenters. The summed E-state index contributed by atoms with van der Waals surface area (Å²) in [7, 11) is 1.57. The van der Waals surface area contributed by atoms with E-state index in [4.69, 9.17) is 10.5 Å². The number of nitriles is 2. The van der Waals surface area contributed by atoms with Gasteiger partial charge in [0, 0.05) is 16.8 Å². The van der Waals surface area contributed by atoms with E-state index in [2.05, 4.69) is 0 Å². The smallest absolute Gasteiger partial charge is 0.268 e. The molecule has 0 saturated carbocycles. The molecule has 0 fully saturated rings. The topological polar surface area (TPSA) is 69.6 Å². The van der Waals surface area contributed by atoms with Crippen molar-refractivity contribution in [2.75, 3.05) is 0 Å². The standard InChI is InChI=1S/C13H9N3OS2/c1-8-3-4-10(18-8)5-11-12(17)16(2)13(19-11)9(6-14)7-15/h3-5H,1-2H3. The van der Waals surface area contributed by atoms with Gasteiger partial charge in [0.25, 0.3) is 5.56 Å². The SMILES string of the molecule is Cc1ccc(C=c2sc(=C(C#N)C#N)n(C)c2=O)s1. The third-order valence-electron chi connectivity index (χ3n) is 2.50. The minimum absolute atomic E-state index is 0.0355. The van der Waals surface area contributed by atoms with Gasteiger partial charge in [-0.15, -0.1) is 22.7 Å². The van der Waals surface area contributed by atoms with Gasteiger partial charge in [0.1, 0.15) is 16.8 Å². The summed E-state index contributed by atoms with van der Waals surface area (Å²) >= 11 is 2.76. The van der Waals surface area contributed by atoms with E-state index in [9.17, 15) is 4.79 Å². The Bertz CT molecular complexity index is 868. The predicted octanol–water partition coefficient (Wildman–Crippen LogP) is 0.843. The molecule has 0 N–H and O–H groups in total. The highest BCUT2D eigenvalue weighted by atomic mass is 32.1. The van der Waals surface area contributed by atoms with Gasteiger partial charge in [-0.2, -0.15) is 10.5 Å². The number of hydrogen-bond donors (Lipinski definition) is 0. The zero-order valence-corrected chi connectivity index (χ0v) is 11.9. The van der Waals surface area contributed by atoms with E-state index >= 15 is 0 Å². The molecule has 0 spiro atoms. The van der Waals surface area contributed by atoms with Crippen molar-refractivity contribution >= 4 is 34.3 Å². The number of thiazole rings is 1. The van der Waals surface area contributed by atoms with Gasteiger partial charge in [-0.25, -0.2) is 0 Å². The third kappa shape index (κ3) is 2.50. The number of aryl methyl sites for hydroxylation is 1. The lowest BCUT2D eigenvalue weighted by Gasteiger charge is -1.85. The summed E-state index contributed by atoms with van der Waals surface area (Å²) in [5.74, 6) is 0. The highest BCUT2D eigenvalue weighted by Gasteiger charge is 2.05. The molecule has 0 amide bonds. The van der Waals surface area contributed by atoms with Crippen molar-refractivity contribution in [1.29, 1.82) is 10.5 Å². The van der Waals surface area contributed by atoms with Crippen LogP contribution in [0.3, 0.4) is 0 Å². The summed E-state index contributed by atoms with van der Waals surface area (Å²) in [6, 6.07) is 7.55. The summed E-state index contributed by atoms with van der Waals surface area (Å²) in [4.78, 5) is 14.2. The van der Waals surface area contributed by atoms with E-state index in [1.165, 1.54) is 20.8 Å². The molecule has 2 heterocycles. The molecule has 0 aromatic carbocycles. The number of nitrogens with zero attached hydrogens (tertiary/aromatic N) is 3. The van der Waals surface area contributed by atoms with Gasteiger partial charge in [-0.05, 0) is 25.1 Å². The van der Waals surface area contributed by atoms with Gasteiger partial charge in [-0.3, -0.25) is 4.79 Å². The van der Waals surface area contributed by atoms with Crippen LogP contribution in [0.4, 0.5) is 0 Å². The van der Waals surface area contributed by atoms with E-state index in [1.54, 1.807) is 24.5 Å². The Morgan fingerprint density at radius 1 is 1.32 bits per heavy atom. The minimum atomic E-state index is -0.186. The maximum absolute atomic E-state index is 12.1. The quantitative estimate of drug-likeness (QED) is 0.780. The lowest BCUT2D eigenvalue weighted by atomic mass is 10.4. The molecule has 6 heteroatoms. The fourth-order valence-electron chi connectivity index (χ4n) is 1.56. The van der Waals surface area contributed by atoms with Crippen LogP contribution in [0, 0.1) is 29.6 Å². The van der Waals surface area contributed by atoms with Crippen LogP contribution >= 0.6 is 22.7 Å². The fraction of sp³-hybridized carbons (Fsp3) is 0.154. The van der Waals surface area contributed by atoms with Crippen molar-refractivity contribution in [3.05, 3.63) is 41.4 Å². The van der Waals surface area contributed by atoms with E-state index < -0.39 is 0 Å². The number of hydrogen-bond acceptors (Lipinski definition) is 5. The molecule has 2 rings (SSSR count). The maximum Gasteiger partial charge on any atom is 0.268 e. The summed E-state index contributed by atoms with van der Waals surface area (Å²) in [6.45, 7) is 2.00. The first-order valence-corrected chi connectivity index (χ1v) is 6.98. The Hall–Kier alpha value is -2.15. The monoisotopic (exact) mass is 287 g/mol. The van der Waals surface area contributed by atoms with Crippen molar-refractivity contribution in [3.8, 4) is 12.1 Å². The van der Waals surface area contributed by atoms with Gasteiger partial charge in [-0.1, -0.05) is 0 Å². The molecular weight excluding hydrogens is 278 g/mol. The normalized spacial score (nSPS) is 11.1. The minimum Gasteiger partial charge on any atom is -0.300 e. The second-order valence-corrected chi connectivity index (χ2v) is 6.18. The molecule has 0 radical (unpaired) electrons. The lowest BCUT2D eigenvalue weighted by Crippen LogP contribution is -2.29. The average molecular weight is 287 g/mol. The van der Waals surface area contributed by atoms with Crippen LogP contribution in [-0.2, 0) is 7.05 Å². The zero-order chi connectivity index (χ0) is 14.0. The molecule has 0 aliphatic rings. The van der Waals surface area contributed by atoms with Gasteiger partial charge >= 0.3 is 0 Å². The summed E-state index contributed by atoms with van der Waals surface area (Å²) in [6.07, 6.45) is 1.79. The molecule has 0 aliphatic carbocycles. The van der Waals surface area contributed by atoms with Crippen LogP contribution in [0.25, 0.3) is 11.6 Å². The highest BCUT2D eigenvalue weighted by Crippen LogP contribution is 2.15. The molecule has 94 valence electrons. The van der Waals surface area contributed by atoms with Crippen molar-refractivity contribution in [2.24, 2.45) is 7.05 Å². The molecule has 4 nitrogen and oxygen atoms in total. The molecule has 0 bridgehead atoms. The van der Waals surface area contributed by atoms with E-state index in [1.807, 2.05) is 31.2 Å². The van der Waals surface area contributed by atoms with Crippen LogP contribution in [0.1, 0.15) is 9.75 Å². The Morgan fingerprint density at radius 2 is 2.00 bits per heavy atom.